The van der Waals surface area contributed by atoms with E-state index in [-0.39, 0.29) is 50.3 Å². The molecule has 1 aliphatic rings. The molecule has 182 valence electrons. The van der Waals surface area contributed by atoms with Crippen LogP contribution in [0.5, 0.6) is 0 Å². The molecule has 1 unspecified atom stereocenters. The Kier molecular flexibility index (Phi) is 6.49. The molecular weight excluding hydrogens is 493 g/mol. The quantitative estimate of drug-likeness (QED) is 0.475. The highest BCUT2D eigenvalue weighted by molar-refractivity contribution is 7.91. The lowest BCUT2D eigenvalue weighted by Crippen LogP contribution is -2.33. The number of anilines is 2. The van der Waals surface area contributed by atoms with E-state index in [9.17, 15) is 21.6 Å². The molecule has 0 radical (unpaired) electrons. The third-order valence-electron chi connectivity index (χ3n) is 5.63. The fourth-order valence-electron chi connectivity index (χ4n) is 4.06. The monoisotopic (exact) mass is 514 g/mol. The fourth-order valence-corrected chi connectivity index (χ4v) is 6.04. The van der Waals surface area contributed by atoms with E-state index in [1.54, 1.807) is 0 Å². The Morgan fingerprint density at radius 3 is 2.44 bits per heavy atom. The van der Waals surface area contributed by atoms with Gasteiger partial charge in [0.15, 0.2) is 9.84 Å². The van der Waals surface area contributed by atoms with Crippen molar-refractivity contribution in [1.82, 2.24) is 20.1 Å². The molecule has 34 heavy (non-hydrogen) atoms. The van der Waals surface area contributed by atoms with Crippen molar-refractivity contribution in [3.05, 3.63) is 47.0 Å². The van der Waals surface area contributed by atoms with Crippen LogP contribution in [-0.2, 0) is 16.0 Å². The zero-order chi connectivity index (χ0) is 24.7. The van der Waals surface area contributed by atoms with Crippen LogP contribution in [0, 0.1) is 5.92 Å². The van der Waals surface area contributed by atoms with Crippen LogP contribution in [0.1, 0.15) is 18.4 Å². The molecule has 0 spiro atoms. The average molecular weight is 515 g/mol. The number of halogens is 4. The van der Waals surface area contributed by atoms with Crippen LogP contribution in [0.25, 0.3) is 16.8 Å². The minimum absolute atomic E-state index is 0.00416. The number of benzene rings is 2. The smallest absolute Gasteiger partial charge is 0.368 e. The third kappa shape index (κ3) is 4.98. The first-order valence-corrected chi connectivity index (χ1v) is 12.4. The molecule has 2 heterocycles. The minimum Gasteiger partial charge on any atom is -0.368 e. The van der Waals surface area contributed by atoms with Crippen molar-refractivity contribution in [2.24, 2.45) is 5.92 Å². The Morgan fingerprint density at radius 2 is 1.88 bits per heavy atom. The van der Waals surface area contributed by atoms with Crippen molar-refractivity contribution in [3.63, 3.8) is 0 Å². The van der Waals surface area contributed by atoms with Crippen LogP contribution in [0.3, 0.4) is 0 Å². The Bertz CT molecular complexity index is 1300. The lowest BCUT2D eigenvalue weighted by molar-refractivity contribution is -0.137. The number of piperidine rings is 1. The van der Waals surface area contributed by atoms with Gasteiger partial charge in [-0.15, -0.1) is 5.10 Å². The number of rotatable bonds is 5. The second kappa shape index (κ2) is 9.08. The van der Waals surface area contributed by atoms with Crippen molar-refractivity contribution in [2.45, 2.75) is 23.9 Å². The van der Waals surface area contributed by atoms with E-state index in [1.807, 2.05) is 0 Å². The average Bonchev–Trinajstić information content (AvgIpc) is 3.11. The first-order chi connectivity index (χ1) is 16.0. The molecule has 0 bridgehead atoms. The van der Waals surface area contributed by atoms with Crippen LogP contribution in [-0.4, -0.2) is 42.0 Å². The van der Waals surface area contributed by atoms with Gasteiger partial charge in [-0.1, -0.05) is 23.7 Å². The van der Waals surface area contributed by atoms with Crippen LogP contribution in [0.4, 0.5) is 25.1 Å². The maximum atomic E-state index is 14.0. The molecule has 0 aliphatic carbocycles. The zero-order valence-corrected chi connectivity index (χ0v) is 19.4. The summed E-state index contributed by atoms with van der Waals surface area (Å²) in [7, 11) is -3.59. The van der Waals surface area contributed by atoms with Gasteiger partial charge in [-0.2, -0.15) is 22.8 Å². The van der Waals surface area contributed by atoms with E-state index < -0.39 is 21.6 Å². The van der Waals surface area contributed by atoms with Crippen LogP contribution in [0.2, 0.25) is 5.02 Å². The molecule has 1 saturated heterocycles. The SMILES string of the molecule is Nc1nc(N)n(-c2cc(Cl)c(-c3ccc(S(=O)(=O)CC4CCCNC4)cc3)c(C(F)(F)F)c2)n1. The molecule has 2 aromatic carbocycles. The molecule has 8 nitrogen and oxygen atoms in total. The highest BCUT2D eigenvalue weighted by atomic mass is 35.5. The normalized spacial score (nSPS) is 17.1. The highest BCUT2D eigenvalue weighted by Gasteiger charge is 2.36. The van der Waals surface area contributed by atoms with Crippen molar-refractivity contribution in [3.8, 4) is 16.8 Å². The van der Waals surface area contributed by atoms with Crippen molar-refractivity contribution in [2.75, 3.05) is 30.3 Å². The summed E-state index contributed by atoms with van der Waals surface area (Å²) in [6.07, 6.45) is -3.06. The summed E-state index contributed by atoms with van der Waals surface area (Å²) in [5.74, 6) is -0.426. The predicted octanol–water partition coefficient (Wildman–Crippen LogP) is 3.54. The Labute approximate surface area is 199 Å². The summed E-state index contributed by atoms with van der Waals surface area (Å²) >= 11 is 6.28. The summed E-state index contributed by atoms with van der Waals surface area (Å²) in [5, 5.41) is 6.75. The molecule has 3 aromatic rings. The molecule has 0 saturated carbocycles. The first-order valence-electron chi connectivity index (χ1n) is 10.4. The van der Waals surface area contributed by atoms with Crippen molar-refractivity contribution in [1.29, 1.82) is 0 Å². The standard InChI is InChI=1S/C21H22ClF3N6O2S/c22-17-9-14(31-20(27)29-19(26)30-31)8-16(21(23,24)25)18(17)13-3-5-15(6-4-13)34(32,33)11-12-2-1-7-28-10-12/h3-6,8-9,12,28H,1-2,7,10-11H2,(H4,26,27,29,30). The van der Waals surface area contributed by atoms with Gasteiger partial charge >= 0.3 is 6.18 Å². The first kappa shape index (κ1) is 24.3. The topological polar surface area (TPSA) is 129 Å². The summed E-state index contributed by atoms with van der Waals surface area (Å²) in [4.78, 5) is 3.74. The molecule has 1 atom stereocenters. The Hall–Kier alpha value is -2.83. The lowest BCUT2D eigenvalue weighted by Gasteiger charge is -2.22. The van der Waals surface area contributed by atoms with Crippen molar-refractivity contribution >= 4 is 33.3 Å². The van der Waals surface area contributed by atoms with E-state index in [1.165, 1.54) is 30.3 Å². The lowest BCUT2D eigenvalue weighted by atomic mass is 9.98. The number of alkyl halides is 3. The van der Waals surface area contributed by atoms with Gasteiger partial charge in [-0.3, -0.25) is 0 Å². The third-order valence-corrected chi connectivity index (χ3v) is 7.83. The zero-order valence-electron chi connectivity index (χ0n) is 17.8. The van der Waals surface area contributed by atoms with E-state index in [0.29, 0.717) is 6.54 Å². The Morgan fingerprint density at radius 1 is 1.18 bits per heavy atom. The number of aromatic nitrogens is 3. The van der Waals surface area contributed by atoms with Crippen LogP contribution >= 0.6 is 11.6 Å². The number of nitrogens with two attached hydrogens (primary N) is 2. The summed E-state index contributed by atoms with van der Waals surface area (Å²) in [6, 6.07) is 7.36. The fraction of sp³-hybridized carbons (Fsp3) is 0.333. The maximum absolute atomic E-state index is 14.0. The van der Waals surface area contributed by atoms with Crippen LogP contribution < -0.4 is 16.8 Å². The number of nitrogens with zero attached hydrogens (tertiary/aromatic N) is 3. The molecular formula is C21H22ClF3N6O2S. The largest absolute Gasteiger partial charge is 0.417 e. The molecule has 1 fully saturated rings. The Balaban J connectivity index is 1.72. The number of hydrogen-bond donors (Lipinski definition) is 3. The highest BCUT2D eigenvalue weighted by Crippen LogP contribution is 2.42. The van der Waals surface area contributed by atoms with E-state index in [0.717, 1.165) is 30.1 Å². The van der Waals surface area contributed by atoms with E-state index in [4.69, 9.17) is 23.1 Å². The number of nitrogen functional groups attached to an aromatic ring is 2. The van der Waals surface area contributed by atoms with Gasteiger partial charge in [-0.25, -0.2) is 8.42 Å². The second-order valence-electron chi connectivity index (χ2n) is 8.11. The summed E-state index contributed by atoms with van der Waals surface area (Å²) < 4.78 is 68.5. The number of nitrogens with one attached hydrogen (secondary N) is 1. The van der Waals surface area contributed by atoms with Gasteiger partial charge in [0.2, 0.25) is 11.9 Å². The van der Waals surface area contributed by atoms with Gasteiger partial charge in [-0.05, 0) is 61.7 Å². The number of sulfone groups is 1. The van der Waals surface area contributed by atoms with E-state index in [2.05, 4.69) is 15.4 Å². The molecule has 5 N–H and O–H groups in total. The minimum atomic E-state index is -4.77. The van der Waals surface area contributed by atoms with Gasteiger partial charge < -0.3 is 16.8 Å². The molecule has 1 aliphatic heterocycles. The molecule has 1 aromatic heterocycles. The second-order valence-corrected chi connectivity index (χ2v) is 10.5. The van der Waals surface area contributed by atoms with Gasteiger partial charge in [0, 0.05) is 5.56 Å². The summed E-state index contributed by atoms with van der Waals surface area (Å²) in [5.41, 5.74) is 9.89. The van der Waals surface area contributed by atoms with Gasteiger partial charge in [0.05, 0.1) is 26.9 Å². The predicted molar refractivity (Wildman–Crippen MR) is 123 cm³/mol. The van der Waals surface area contributed by atoms with Gasteiger partial charge in [0.1, 0.15) is 0 Å². The molecule has 0 amide bonds. The summed E-state index contributed by atoms with van der Waals surface area (Å²) in [6.45, 7) is 1.49. The molecule has 13 heteroatoms. The maximum Gasteiger partial charge on any atom is 0.417 e. The number of hydrogen-bond acceptors (Lipinski definition) is 7. The van der Waals surface area contributed by atoms with Crippen LogP contribution in [0.15, 0.2) is 41.3 Å². The van der Waals surface area contributed by atoms with Crippen molar-refractivity contribution < 1.29 is 21.6 Å². The van der Waals surface area contributed by atoms with Gasteiger partial charge in [0.25, 0.3) is 0 Å². The molecule has 4 rings (SSSR count). The van der Waals surface area contributed by atoms with E-state index >= 15 is 0 Å².